The molecular formula is C18H21N5O5S3. The minimum Gasteiger partial charge on any atom is -0.325 e. The Balaban J connectivity index is 1.80. The smallest absolute Gasteiger partial charge is 0.238 e. The van der Waals surface area contributed by atoms with Crippen molar-refractivity contribution in [3.05, 3.63) is 42.5 Å². The van der Waals surface area contributed by atoms with Gasteiger partial charge in [-0.1, -0.05) is 11.8 Å². The van der Waals surface area contributed by atoms with Gasteiger partial charge in [0.1, 0.15) is 0 Å². The molecule has 0 fully saturated rings. The summed E-state index contributed by atoms with van der Waals surface area (Å²) in [4.78, 5) is 17.0. The van der Waals surface area contributed by atoms with Crippen LogP contribution in [0.15, 0.2) is 57.4 Å². The van der Waals surface area contributed by atoms with Crippen LogP contribution in [0.3, 0.4) is 0 Å². The summed E-state index contributed by atoms with van der Waals surface area (Å²) >= 11 is 1.21. The summed E-state index contributed by atoms with van der Waals surface area (Å²) in [6.45, 7) is 4.18. The first-order chi connectivity index (χ1) is 14.4. The SMILES string of the molecule is CCn1c(SC(C)C(=O)Nc2ccc(S(N)(=O)=O)cc2)nc2cc(S(N)(=O)=O)ccc21. The molecule has 0 radical (unpaired) electrons. The molecule has 3 rings (SSSR count). The number of amides is 1. The first kappa shape index (κ1) is 23.2. The quantitative estimate of drug-likeness (QED) is 0.428. The number of primary sulfonamides is 2. The zero-order valence-corrected chi connectivity index (χ0v) is 19.1. The zero-order chi connectivity index (χ0) is 23.0. The standard InChI is InChI=1S/C18H21N5O5S3/c1-3-23-16-9-8-14(31(20,27)28)10-15(16)22-18(23)29-11(2)17(24)21-12-4-6-13(7-5-12)30(19,25)26/h4-11H,3H2,1-2H3,(H,21,24)(H2,19,25,26)(H2,20,27,28). The second kappa shape index (κ2) is 8.59. The molecule has 2 aromatic carbocycles. The highest BCUT2D eigenvalue weighted by Gasteiger charge is 2.20. The minimum atomic E-state index is -3.85. The van der Waals surface area contributed by atoms with Crippen molar-refractivity contribution in [2.45, 2.75) is 40.6 Å². The summed E-state index contributed by atoms with van der Waals surface area (Å²) in [7, 11) is -7.67. The summed E-state index contributed by atoms with van der Waals surface area (Å²) in [5, 5.41) is 13.0. The van der Waals surface area contributed by atoms with Gasteiger partial charge < -0.3 is 9.88 Å². The molecule has 1 amide bonds. The third kappa shape index (κ3) is 5.25. The maximum Gasteiger partial charge on any atom is 0.238 e. The van der Waals surface area contributed by atoms with Crippen molar-refractivity contribution in [2.24, 2.45) is 10.3 Å². The Kier molecular flexibility index (Phi) is 6.43. The summed E-state index contributed by atoms with van der Waals surface area (Å²) < 4.78 is 47.7. The number of imidazole rings is 1. The van der Waals surface area contributed by atoms with Gasteiger partial charge in [-0.2, -0.15) is 0 Å². The van der Waals surface area contributed by atoms with Crippen LogP contribution in [0.2, 0.25) is 0 Å². The lowest BCUT2D eigenvalue weighted by Gasteiger charge is -2.13. The number of hydrogen-bond acceptors (Lipinski definition) is 7. The number of sulfonamides is 2. The maximum absolute atomic E-state index is 12.6. The number of nitrogens with one attached hydrogen (secondary N) is 1. The maximum atomic E-state index is 12.6. The molecule has 0 saturated heterocycles. The van der Waals surface area contributed by atoms with Gasteiger partial charge in [-0.25, -0.2) is 32.1 Å². The van der Waals surface area contributed by atoms with Gasteiger partial charge in [-0.3, -0.25) is 4.79 Å². The minimum absolute atomic E-state index is 0.0361. The van der Waals surface area contributed by atoms with Crippen molar-refractivity contribution >= 4 is 54.4 Å². The van der Waals surface area contributed by atoms with Crippen LogP contribution in [0, 0.1) is 0 Å². The highest BCUT2D eigenvalue weighted by Crippen LogP contribution is 2.29. The number of thioether (sulfide) groups is 1. The summed E-state index contributed by atoms with van der Waals surface area (Å²) in [5.74, 6) is -0.312. The van der Waals surface area contributed by atoms with Crippen molar-refractivity contribution in [3.8, 4) is 0 Å². The zero-order valence-electron chi connectivity index (χ0n) is 16.6. The molecular weight excluding hydrogens is 462 g/mol. The van der Waals surface area contributed by atoms with Crippen molar-refractivity contribution in [1.29, 1.82) is 0 Å². The molecule has 0 aliphatic rings. The molecule has 0 bridgehead atoms. The second-order valence-corrected chi connectivity index (χ2v) is 11.1. The van der Waals surface area contributed by atoms with Crippen LogP contribution >= 0.6 is 11.8 Å². The van der Waals surface area contributed by atoms with Gasteiger partial charge in [-0.15, -0.1) is 0 Å². The molecule has 1 atom stereocenters. The van der Waals surface area contributed by atoms with E-state index in [1.807, 2.05) is 11.5 Å². The average molecular weight is 484 g/mol. The Morgan fingerprint density at radius 1 is 1.06 bits per heavy atom. The lowest BCUT2D eigenvalue weighted by molar-refractivity contribution is -0.115. The number of nitrogens with two attached hydrogens (primary N) is 2. The first-order valence-electron chi connectivity index (χ1n) is 9.03. The van der Waals surface area contributed by atoms with Crippen molar-refractivity contribution < 1.29 is 21.6 Å². The van der Waals surface area contributed by atoms with Crippen LogP contribution < -0.4 is 15.6 Å². The molecule has 13 heteroatoms. The molecule has 0 aliphatic heterocycles. The summed E-state index contributed by atoms with van der Waals surface area (Å²) in [6.07, 6.45) is 0. The lowest BCUT2D eigenvalue weighted by atomic mass is 10.3. The average Bonchev–Trinajstić information content (AvgIpc) is 3.03. The van der Waals surface area contributed by atoms with Gasteiger partial charge in [0.2, 0.25) is 26.0 Å². The Hall–Kier alpha value is -2.45. The van der Waals surface area contributed by atoms with Gasteiger partial charge in [0.25, 0.3) is 0 Å². The van der Waals surface area contributed by atoms with E-state index in [4.69, 9.17) is 10.3 Å². The van der Waals surface area contributed by atoms with Crippen molar-refractivity contribution in [2.75, 3.05) is 5.32 Å². The Bertz CT molecular complexity index is 1350. The third-order valence-electron chi connectivity index (χ3n) is 4.43. The highest BCUT2D eigenvalue weighted by atomic mass is 32.2. The van der Waals surface area contributed by atoms with Gasteiger partial charge in [0.15, 0.2) is 5.16 Å². The van der Waals surface area contributed by atoms with E-state index in [1.54, 1.807) is 13.0 Å². The van der Waals surface area contributed by atoms with E-state index >= 15 is 0 Å². The van der Waals surface area contributed by atoms with E-state index < -0.39 is 25.3 Å². The Labute approximate surface area is 184 Å². The number of fused-ring (bicyclic) bond motifs is 1. The van der Waals surface area contributed by atoms with Crippen molar-refractivity contribution in [3.63, 3.8) is 0 Å². The molecule has 31 heavy (non-hydrogen) atoms. The van der Waals surface area contributed by atoms with Crippen LogP contribution in [0.5, 0.6) is 0 Å². The van der Waals surface area contributed by atoms with Crippen LogP contribution in [-0.4, -0.2) is 37.5 Å². The van der Waals surface area contributed by atoms with Crippen LogP contribution in [0.1, 0.15) is 13.8 Å². The van der Waals surface area contributed by atoms with E-state index in [-0.39, 0.29) is 15.7 Å². The number of aryl methyl sites for hydroxylation is 1. The molecule has 0 saturated carbocycles. The number of rotatable bonds is 7. The molecule has 166 valence electrons. The highest BCUT2D eigenvalue weighted by molar-refractivity contribution is 8.00. The van der Waals surface area contributed by atoms with Gasteiger partial charge >= 0.3 is 0 Å². The summed E-state index contributed by atoms with van der Waals surface area (Å²) in [6, 6.07) is 9.97. The predicted octanol–water partition coefficient (Wildman–Crippen LogP) is 1.47. The van der Waals surface area contributed by atoms with Crippen LogP contribution in [0.4, 0.5) is 5.69 Å². The molecule has 10 nitrogen and oxygen atoms in total. The molecule has 0 aliphatic carbocycles. The topological polar surface area (TPSA) is 167 Å². The molecule has 5 N–H and O–H groups in total. The monoisotopic (exact) mass is 483 g/mol. The van der Waals surface area contributed by atoms with Crippen LogP contribution in [-0.2, 0) is 31.4 Å². The van der Waals surface area contributed by atoms with E-state index in [1.165, 1.54) is 48.2 Å². The summed E-state index contributed by atoms with van der Waals surface area (Å²) in [5.41, 5.74) is 1.61. The van der Waals surface area contributed by atoms with E-state index in [0.29, 0.717) is 22.9 Å². The number of carbonyl (C=O) groups excluding carboxylic acids is 1. The van der Waals surface area contributed by atoms with E-state index in [2.05, 4.69) is 10.3 Å². The molecule has 1 heterocycles. The molecule has 1 aromatic heterocycles. The van der Waals surface area contributed by atoms with Gasteiger partial charge in [0, 0.05) is 12.2 Å². The number of hydrogen-bond donors (Lipinski definition) is 3. The van der Waals surface area contributed by atoms with E-state index in [0.717, 1.165) is 5.52 Å². The number of aromatic nitrogens is 2. The number of benzene rings is 2. The molecule has 0 spiro atoms. The van der Waals surface area contributed by atoms with Gasteiger partial charge in [-0.05, 0) is 56.3 Å². The fraction of sp³-hybridized carbons (Fsp3) is 0.222. The second-order valence-electron chi connectivity index (χ2n) is 6.65. The predicted molar refractivity (Wildman–Crippen MR) is 119 cm³/mol. The molecule has 3 aromatic rings. The largest absolute Gasteiger partial charge is 0.325 e. The number of carbonyl (C=O) groups is 1. The van der Waals surface area contributed by atoms with Gasteiger partial charge in [0.05, 0.1) is 26.1 Å². The Morgan fingerprint density at radius 2 is 1.65 bits per heavy atom. The van der Waals surface area contributed by atoms with E-state index in [9.17, 15) is 21.6 Å². The van der Waals surface area contributed by atoms with Crippen molar-refractivity contribution in [1.82, 2.24) is 9.55 Å². The Morgan fingerprint density at radius 3 is 2.19 bits per heavy atom. The number of anilines is 1. The first-order valence-corrected chi connectivity index (χ1v) is 13.0. The fourth-order valence-electron chi connectivity index (χ4n) is 2.84. The third-order valence-corrected chi connectivity index (χ3v) is 7.36. The lowest BCUT2D eigenvalue weighted by Crippen LogP contribution is -2.23. The normalized spacial score (nSPS) is 13.3. The molecule has 1 unspecified atom stereocenters. The number of nitrogens with zero attached hydrogens (tertiary/aromatic N) is 2. The van der Waals surface area contributed by atoms with Crippen LogP contribution in [0.25, 0.3) is 11.0 Å². The fourth-order valence-corrected chi connectivity index (χ4v) is 4.88.